The van der Waals surface area contributed by atoms with Crippen molar-refractivity contribution >= 4 is 0 Å². The smallest absolute Gasteiger partial charge is 0.267 e. The first kappa shape index (κ1) is 9.63. The van der Waals surface area contributed by atoms with Crippen LogP contribution < -0.4 is 4.74 Å². The maximum absolute atomic E-state index is 12.5. The third kappa shape index (κ3) is 1.82. The molecule has 0 aliphatic heterocycles. The summed E-state index contributed by atoms with van der Waals surface area (Å²) < 4.78 is 41.1. The first-order valence-corrected chi connectivity index (χ1v) is 3.27. The molecule has 13 heavy (non-hydrogen) atoms. The highest BCUT2D eigenvalue weighted by Gasteiger charge is 2.19. The minimum Gasteiger partial charge on any atom is -0.503 e. The van der Waals surface area contributed by atoms with Crippen LogP contribution in [0.5, 0.6) is 11.6 Å². The second-order valence-corrected chi connectivity index (χ2v) is 2.19. The molecule has 6 heteroatoms. The molecule has 1 aromatic heterocycles. The van der Waals surface area contributed by atoms with E-state index in [1.165, 1.54) is 0 Å². The molecule has 0 aliphatic rings. The molecule has 0 aromatic carbocycles. The van der Waals surface area contributed by atoms with Crippen LogP contribution in [-0.2, 0) is 0 Å². The molecular formula is C7H6F3NO2. The lowest BCUT2D eigenvalue weighted by atomic mass is 10.2. The first-order chi connectivity index (χ1) is 6.06. The van der Waals surface area contributed by atoms with Gasteiger partial charge in [0.05, 0.1) is 12.7 Å². The number of hydrogen-bond acceptors (Lipinski definition) is 3. The summed E-state index contributed by atoms with van der Waals surface area (Å²) in [5.74, 6) is -2.50. The normalized spacial score (nSPS) is 10.5. The van der Waals surface area contributed by atoms with Gasteiger partial charge in [-0.3, -0.25) is 0 Å². The molecule has 0 atom stereocenters. The number of ether oxygens (including phenoxy) is 1. The summed E-state index contributed by atoms with van der Waals surface area (Å²) in [7, 11) is 1.09. The van der Waals surface area contributed by atoms with E-state index in [4.69, 9.17) is 5.11 Å². The van der Waals surface area contributed by atoms with Crippen molar-refractivity contribution in [1.29, 1.82) is 0 Å². The number of pyridine rings is 1. The van der Waals surface area contributed by atoms with Crippen molar-refractivity contribution in [3.05, 3.63) is 17.6 Å². The fraction of sp³-hybridized carbons (Fsp3) is 0.286. The van der Waals surface area contributed by atoms with E-state index in [9.17, 15) is 13.2 Å². The molecule has 0 aliphatic carbocycles. The van der Waals surface area contributed by atoms with E-state index < -0.39 is 29.6 Å². The largest absolute Gasteiger partial charge is 0.503 e. The number of aromatic nitrogens is 1. The number of hydrogen-bond donors (Lipinski definition) is 1. The molecule has 1 N–H and O–H groups in total. The van der Waals surface area contributed by atoms with Gasteiger partial charge in [-0.05, 0) is 0 Å². The number of aromatic hydroxyl groups is 1. The van der Waals surface area contributed by atoms with Gasteiger partial charge < -0.3 is 9.84 Å². The minimum absolute atomic E-state index is 0.461. The van der Waals surface area contributed by atoms with Gasteiger partial charge in [0, 0.05) is 6.07 Å². The van der Waals surface area contributed by atoms with Gasteiger partial charge in [0.1, 0.15) is 0 Å². The first-order valence-electron chi connectivity index (χ1n) is 3.27. The second kappa shape index (κ2) is 3.51. The Balaban J connectivity index is 3.27. The Labute approximate surface area is 71.8 Å². The third-order valence-electron chi connectivity index (χ3n) is 1.39. The SMILES string of the molecule is COc1nc(F)cc(C(F)F)c1O. The van der Waals surface area contributed by atoms with Crippen molar-refractivity contribution in [3.63, 3.8) is 0 Å². The van der Waals surface area contributed by atoms with Crippen molar-refractivity contribution < 1.29 is 23.0 Å². The Kier molecular flexibility index (Phi) is 2.60. The van der Waals surface area contributed by atoms with Crippen LogP contribution in [0.3, 0.4) is 0 Å². The van der Waals surface area contributed by atoms with Crippen molar-refractivity contribution in [2.75, 3.05) is 7.11 Å². The average molecular weight is 193 g/mol. The number of rotatable bonds is 2. The zero-order chi connectivity index (χ0) is 10.0. The zero-order valence-corrected chi connectivity index (χ0v) is 6.59. The monoisotopic (exact) mass is 193 g/mol. The molecule has 1 aromatic rings. The van der Waals surface area contributed by atoms with Crippen LogP contribution in [0.25, 0.3) is 0 Å². The number of nitrogens with zero attached hydrogens (tertiary/aromatic N) is 1. The second-order valence-electron chi connectivity index (χ2n) is 2.19. The van der Waals surface area contributed by atoms with Gasteiger partial charge in [-0.2, -0.15) is 9.37 Å². The van der Waals surface area contributed by atoms with Crippen LogP contribution in [0.4, 0.5) is 13.2 Å². The van der Waals surface area contributed by atoms with Crippen LogP contribution in [0, 0.1) is 5.95 Å². The van der Waals surface area contributed by atoms with Crippen molar-refractivity contribution in [1.82, 2.24) is 4.98 Å². The molecule has 0 saturated heterocycles. The Hall–Kier alpha value is -1.46. The van der Waals surface area contributed by atoms with Crippen LogP contribution in [-0.4, -0.2) is 17.2 Å². The molecule has 1 rings (SSSR count). The summed E-state index contributed by atoms with van der Waals surface area (Å²) in [6.07, 6.45) is -2.97. The predicted molar refractivity (Wildman–Crippen MR) is 37.4 cm³/mol. The Morgan fingerprint density at radius 1 is 1.54 bits per heavy atom. The lowest BCUT2D eigenvalue weighted by Gasteiger charge is -2.06. The van der Waals surface area contributed by atoms with Crippen LogP contribution in [0.2, 0.25) is 0 Å². The molecule has 0 unspecified atom stereocenters. The molecule has 3 nitrogen and oxygen atoms in total. The van der Waals surface area contributed by atoms with Gasteiger partial charge in [-0.15, -0.1) is 0 Å². The summed E-state index contributed by atoms with van der Waals surface area (Å²) in [6.45, 7) is 0. The standard InChI is InChI=1S/C7H6F3NO2/c1-13-7-5(12)3(6(9)10)2-4(8)11-7/h2,6,12H,1H3. The van der Waals surface area contributed by atoms with Gasteiger partial charge in [0.25, 0.3) is 12.3 Å². The van der Waals surface area contributed by atoms with E-state index in [2.05, 4.69) is 9.72 Å². The number of methoxy groups -OCH3 is 1. The molecule has 0 amide bonds. The Morgan fingerprint density at radius 3 is 2.62 bits per heavy atom. The highest BCUT2D eigenvalue weighted by atomic mass is 19.3. The van der Waals surface area contributed by atoms with E-state index in [0.717, 1.165) is 7.11 Å². The summed E-state index contributed by atoms with van der Waals surface area (Å²) in [5, 5.41) is 9.05. The van der Waals surface area contributed by atoms with Gasteiger partial charge in [-0.1, -0.05) is 0 Å². The highest BCUT2D eigenvalue weighted by Crippen LogP contribution is 2.34. The lowest BCUT2D eigenvalue weighted by Crippen LogP contribution is -1.96. The van der Waals surface area contributed by atoms with E-state index >= 15 is 0 Å². The van der Waals surface area contributed by atoms with Crippen molar-refractivity contribution in [3.8, 4) is 11.6 Å². The summed E-state index contributed by atoms with van der Waals surface area (Å²) in [4.78, 5) is 3.06. The van der Waals surface area contributed by atoms with E-state index in [-0.39, 0.29) is 0 Å². The van der Waals surface area contributed by atoms with Crippen LogP contribution in [0.1, 0.15) is 12.0 Å². The van der Waals surface area contributed by atoms with Gasteiger partial charge in [0.15, 0.2) is 5.75 Å². The van der Waals surface area contributed by atoms with Gasteiger partial charge >= 0.3 is 0 Å². The fourth-order valence-corrected chi connectivity index (χ4v) is 0.811. The number of halogens is 3. The molecular weight excluding hydrogens is 187 g/mol. The Morgan fingerprint density at radius 2 is 2.15 bits per heavy atom. The average Bonchev–Trinajstić information content (AvgIpc) is 2.08. The minimum atomic E-state index is -2.97. The zero-order valence-electron chi connectivity index (χ0n) is 6.59. The van der Waals surface area contributed by atoms with Crippen LogP contribution >= 0.6 is 0 Å². The van der Waals surface area contributed by atoms with Gasteiger partial charge in [-0.25, -0.2) is 8.78 Å². The molecule has 0 saturated carbocycles. The summed E-state index contributed by atoms with van der Waals surface area (Å²) in [5.41, 5.74) is -0.829. The Bertz CT molecular complexity index is 317. The van der Waals surface area contributed by atoms with Crippen molar-refractivity contribution in [2.24, 2.45) is 0 Å². The summed E-state index contributed by atoms with van der Waals surface area (Å²) in [6, 6.07) is 0.461. The summed E-state index contributed by atoms with van der Waals surface area (Å²) >= 11 is 0. The quantitative estimate of drug-likeness (QED) is 0.729. The molecule has 72 valence electrons. The van der Waals surface area contributed by atoms with E-state index in [0.29, 0.717) is 6.07 Å². The van der Waals surface area contributed by atoms with E-state index in [1.807, 2.05) is 0 Å². The predicted octanol–water partition coefficient (Wildman–Crippen LogP) is 1.87. The maximum atomic E-state index is 12.5. The third-order valence-corrected chi connectivity index (χ3v) is 1.39. The van der Waals surface area contributed by atoms with Gasteiger partial charge in [0.2, 0.25) is 5.95 Å². The topological polar surface area (TPSA) is 42.4 Å². The molecule has 0 bridgehead atoms. The fourth-order valence-electron chi connectivity index (χ4n) is 0.811. The molecule has 1 heterocycles. The highest BCUT2D eigenvalue weighted by molar-refractivity contribution is 5.40. The maximum Gasteiger partial charge on any atom is 0.267 e. The molecule has 0 fully saturated rings. The molecule has 0 radical (unpaired) electrons. The number of alkyl halides is 2. The van der Waals surface area contributed by atoms with Crippen LogP contribution in [0.15, 0.2) is 6.07 Å². The lowest BCUT2D eigenvalue weighted by molar-refractivity contribution is 0.145. The van der Waals surface area contributed by atoms with E-state index in [1.54, 1.807) is 0 Å². The van der Waals surface area contributed by atoms with Crippen molar-refractivity contribution in [2.45, 2.75) is 6.43 Å². The molecule has 0 spiro atoms.